The normalized spacial score (nSPS) is 11.4. The average Bonchev–Trinajstić information content (AvgIpc) is 2.93. The first-order chi connectivity index (χ1) is 19.5. The molecule has 0 atom stereocenters. The van der Waals surface area contributed by atoms with Crippen LogP contribution in [-0.4, -0.2) is 27.6 Å². The summed E-state index contributed by atoms with van der Waals surface area (Å²) in [5.41, 5.74) is 0. The summed E-state index contributed by atoms with van der Waals surface area (Å²) in [5.74, 6) is -1.34. The predicted molar refractivity (Wildman–Crippen MR) is 178 cm³/mol. The Bertz CT molecular complexity index is 592. The molecule has 0 heterocycles. The lowest BCUT2D eigenvalue weighted by Crippen LogP contribution is -1.93. The summed E-state index contributed by atoms with van der Waals surface area (Å²) in [6, 6.07) is 0. The van der Waals surface area contributed by atoms with Crippen molar-refractivity contribution in [3.05, 3.63) is 48.6 Å². The van der Waals surface area contributed by atoms with E-state index in [9.17, 15) is 9.59 Å². The van der Waals surface area contributed by atoms with E-state index in [2.05, 4.69) is 62.5 Å². The Morgan fingerprint density at radius 2 is 0.683 bits per heavy atom. The van der Waals surface area contributed by atoms with Gasteiger partial charge in [0.05, 0.1) is 0 Å². The molecular formula is C36H66O5. The minimum Gasteiger partial charge on any atom is -0.481 e. The van der Waals surface area contributed by atoms with Crippen LogP contribution in [-0.2, 0) is 9.59 Å². The molecule has 5 nitrogen and oxygen atoms in total. The second-order valence-electron chi connectivity index (χ2n) is 10.7. The Labute approximate surface area is 253 Å². The second kappa shape index (κ2) is 40.0. The smallest absolute Gasteiger partial charge is 0.303 e. The molecule has 0 aliphatic heterocycles. The van der Waals surface area contributed by atoms with Crippen molar-refractivity contribution in [1.82, 2.24) is 0 Å². The van der Waals surface area contributed by atoms with Crippen LogP contribution in [0, 0.1) is 0 Å². The van der Waals surface area contributed by atoms with Gasteiger partial charge in [-0.05, 0) is 77.0 Å². The van der Waals surface area contributed by atoms with Crippen LogP contribution in [0.3, 0.4) is 0 Å². The van der Waals surface area contributed by atoms with Crippen LogP contribution in [0.2, 0.25) is 0 Å². The van der Waals surface area contributed by atoms with E-state index in [1.54, 1.807) is 0 Å². The van der Waals surface area contributed by atoms with Gasteiger partial charge in [-0.15, -0.1) is 0 Å². The molecule has 240 valence electrons. The Hall–Kier alpha value is -2.14. The van der Waals surface area contributed by atoms with Crippen molar-refractivity contribution in [1.29, 1.82) is 0 Å². The van der Waals surface area contributed by atoms with Crippen LogP contribution in [0.5, 0.6) is 0 Å². The fraction of sp³-hybridized carbons (Fsp3) is 0.722. The monoisotopic (exact) mass is 578 g/mol. The van der Waals surface area contributed by atoms with Gasteiger partial charge in [-0.25, -0.2) is 0 Å². The van der Waals surface area contributed by atoms with Crippen LogP contribution in [0.15, 0.2) is 48.6 Å². The molecule has 0 radical (unpaired) electrons. The molecule has 0 aromatic carbocycles. The summed E-state index contributed by atoms with van der Waals surface area (Å²) in [7, 11) is 0. The summed E-state index contributed by atoms with van der Waals surface area (Å²) in [6.45, 7) is 4.47. The van der Waals surface area contributed by atoms with E-state index in [0.29, 0.717) is 12.8 Å². The largest absolute Gasteiger partial charge is 0.481 e. The number of aliphatic carboxylic acids is 2. The van der Waals surface area contributed by atoms with E-state index < -0.39 is 11.9 Å². The fourth-order valence-electron chi connectivity index (χ4n) is 4.18. The molecule has 0 saturated heterocycles. The minimum atomic E-state index is -0.671. The second-order valence-corrected chi connectivity index (χ2v) is 10.7. The number of allylic oxidation sites excluding steroid dienone is 8. The molecule has 0 amide bonds. The van der Waals surface area contributed by atoms with Gasteiger partial charge in [-0.1, -0.05) is 127 Å². The SMILES string of the molecule is CCCCC/C=C\C/C=C\CCCCCCCC(=O)O.CCCCC/C=C\C/C=C\CCCCCCCC(=O)O.O. The lowest BCUT2D eigenvalue weighted by atomic mass is 10.1. The predicted octanol–water partition coefficient (Wildman–Crippen LogP) is 10.9. The molecule has 4 N–H and O–H groups in total. The first-order valence-corrected chi connectivity index (χ1v) is 16.6. The molecule has 0 aromatic rings. The zero-order valence-electron chi connectivity index (χ0n) is 26.8. The number of carboxylic acids is 2. The highest BCUT2D eigenvalue weighted by Crippen LogP contribution is 2.09. The Morgan fingerprint density at radius 3 is 0.976 bits per heavy atom. The highest BCUT2D eigenvalue weighted by atomic mass is 16.4. The number of unbranched alkanes of at least 4 members (excludes halogenated alkanes) is 16. The van der Waals surface area contributed by atoms with Crippen LogP contribution in [0.1, 0.15) is 168 Å². The molecule has 0 saturated carbocycles. The maximum Gasteiger partial charge on any atom is 0.303 e. The van der Waals surface area contributed by atoms with E-state index in [1.807, 2.05) is 0 Å². The maximum absolute atomic E-state index is 10.3. The van der Waals surface area contributed by atoms with Gasteiger partial charge in [0, 0.05) is 12.8 Å². The average molecular weight is 579 g/mol. The molecule has 41 heavy (non-hydrogen) atoms. The van der Waals surface area contributed by atoms with Crippen LogP contribution in [0.4, 0.5) is 0 Å². The van der Waals surface area contributed by atoms with Gasteiger partial charge >= 0.3 is 11.9 Å². The zero-order chi connectivity index (χ0) is 29.8. The standard InChI is InChI=1S/2C18H32O2.H2O/c2*1-2-3-4-5-6-7-8-9-10-11-12-13-14-15-16-17-18(19)20;/h2*6-7,9-10H,2-5,8,11-17H2,1H3,(H,19,20);1H2/b2*7-6-,10-9-;. The van der Waals surface area contributed by atoms with Gasteiger partial charge in [0.2, 0.25) is 0 Å². The zero-order valence-corrected chi connectivity index (χ0v) is 26.8. The van der Waals surface area contributed by atoms with Crippen LogP contribution >= 0.6 is 0 Å². The number of hydrogen-bond acceptors (Lipinski definition) is 2. The van der Waals surface area contributed by atoms with Crippen molar-refractivity contribution in [3.63, 3.8) is 0 Å². The highest BCUT2D eigenvalue weighted by molar-refractivity contribution is 5.66. The van der Waals surface area contributed by atoms with Gasteiger partial charge < -0.3 is 15.7 Å². The molecule has 0 spiro atoms. The summed E-state index contributed by atoms with van der Waals surface area (Å²) in [5, 5.41) is 17.0. The van der Waals surface area contributed by atoms with Gasteiger partial charge in [-0.2, -0.15) is 0 Å². The minimum absolute atomic E-state index is 0. The first-order valence-electron chi connectivity index (χ1n) is 16.6. The fourth-order valence-corrected chi connectivity index (χ4v) is 4.18. The quantitative estimate of drug-likeness (QED) is 0.0711. The number of rotatable bonds is 28. The molecule has 0 fully saturated rings. The van der Waals surface area contributed by atoms with Crippen LogP contribution < -0.4 is 0 Å². The number of carbonyl (C=O) groups is 2. The van der Waals surface area contributed by atoms with E-state index in [1.165, 1.54) is 89.9 Å². The lowest BCUT2D eigenvalue weighted by molar-refractivity contribution is -0.138. The van der Waals surface area contributed by atoms with Gasteiger partial charge in [0.1, 0.15) is 0 Å². The Kier molecular flexibility index (Phi) is 42.3. The third-order valence-electron chi connectivity index (χ3n) is 6.68. The molecule has 0 aliphatic carbocycles. The topological polar surface area (TPSA) is 106 Å². The molecule has 5 heteroatoms. The van der Waals surface area contributed by atoms with Crippen LogP contribution in [0.25, 0.3) is 0 Å². The number of hydrogen-bond donors (Lipinski definition) is 2. The van der Waals surface area contributed by atoms with Crippen molar-refractivity contribution < 1.29 is 25.3 Å². The number of carboxylic acid groups (broad SMARTS) is 2. The third kappa shape index (κ3) is 48.0. The van der Waals surface area contributed by atoms with Gasteiger partial charge in [0.25, 0.3) is 0 Å². The van der Waals surface area contributed by atoms with Crippen molar-refractivity contribution in [3.8, 4) is 0 Å². The highest BCUT2D eigenvalue weighted by Gasteiger charge is 1.96. The van der Waals surface area contributed by atoms with Crippen molar-refractivity contribution in [2.75, 3.05) is 0 Å². The summed E-state index contributed by atoms with van der Waals surface area (Å²) in [6.07, 6.45) is 44.6. The van der Waals surface area contributed by atoms with Crippen molar-refractivity contribution >= 4 is 11.9 Å². The summed E-state index contributed by atoms with van der Waals surface area (Å²) in [4.78, 5) is 20.6. The first kappa shape index (κ1) is 43.3. The molecular weight excluding hydrogens is 512 g/mol. The van der Waals surface area contributed by atoms with Gasteiger partial charge in [0.15, 0.2) is 0 Å². The summed E-state index contributed by atoms with van der Waals surface area (Å²) >= 11 is 0. The van der Waals surface area contributed by atoms with E-state index in [0.717, 1.165) is 51.4 Å². The van der Waals surface area contributed by atoms with Gasteiger partial charge in [-0.3, -0.25) is 9.59 Å². The third-order valence-corrected chi connectivity index (χ3v) is 6.68. The molecule has 0 aromatic heterocycles. The maximum atomic E-state index is 10.3. The van der Waals surface area contributed by atoms with E-state index in [4.69, 9.17) is 10.2 Å². The van der Waals surface area contributed by atoms with E-state index in [-0.39, 0.29) is 5.48 Å². The lowest BCUT2D eigenvalue weighted by Gasteiger charge is -1.98. The van der Waals surface area contributed by atoms with E-state index >= 15 is 0 Å². The Balaban J connectivity index is -0.000000688. The summed E-state index contributed by atoms with van der Waals surface area (Å²) < 4.78 is 0. The Morgan fingerprint density at radius 1 is 0.415 bits per heavy atom. The molecule has 0 unspecified atom stereocenters. The molecule has 0 aliphatic rings. The molecule has 0 bridgehead atoms. The molecule has 0 rings (SSSR count). The van der Waals surface area contributed by atoms with Crippen molar-refractivity contribution in [2.45, 2.75) is 168 Å². The van der Waals surface area contributed by atoms with Crippen molar-refractivity contribution in [2.24, 2.45) is 0 Å².